The van der Waals surface area contributed by atoms with Gasteiger partial charge in [0.25, 0.3) is 0 Å². The lowest BCUT2D eigenvalue weighted by Crippen LogP contribution is -2.14. The van der Waals surface area contributed by atoms with E-state index in [1.807, 2.05) is 0 Å². The third-order valence-corrected chi connectivity index (χ3v) is 2.40. The molecule has 0 aromatic heterocycles. The fourth-order valence-corrected chi connectivity index (χ4v) is 1.58. The summed E-state index contributed by atoms with van der Waals surface area (Å²) in [6.45, 7) is 0. The number of amides is 1. The Bertz CT molecular complexity index is 552. The van der Waals surface area contributed by atoms with Crippen LogP contribution >= 0.6 is 0 Å². The first kappa shape index (κ1) is 12.1. The lowest BCUT2D eigenvalue weighted by molar-refractivity contribution is -0.115. The molecular formula is C14H12FNO2. The maximum Gasteiger partial charge on any atom is 0.228 e. The first-order chi connectivity index (χ1) is 8.63. The molecule has 0 aliphatic rings. The molecule has 4 heteroatoms. The molecule has 0 heterocycles. The highest BCUT2D eigenvalue weighted by Gasteiger charge is 2.04. The molecule has 0 radical (unpaired) electrons. The lowest BCUT2D eigenvalue weighted by Gasteiger charge is -2.05. The zero-order chi connectivity index (χ0) is 13.0. The van der Waals surface area contributed by atoms with Crippen LogP contribution in [-0.2, 0) is 11.2 Å². The summed E-state index contributed by atoms with van der Waals surface area (Å²) >= 11 is 0. The second-order valence-electron chi connectivity index (χ2n) is 3.90. The van der Waals surface area contributed by atoms with E-state index in [2.05, 4.69) is 5.32 Å². The molecular weight excluding hydrogens is 233 g/mol. The fourth-order valence-electron chi connectivity index (χ4n) is 1.58. The quantitative estimate of drug-likeness (QED) is 0.817. The van der Waals surface area contributed by atoms with Gasteiger partial charge in [-0.05, 0) is 42.0 Å². The van der Waals surface area contributed by atoms with Crippen molar-refractivity contribution in [1.82, 2.24) is 0 Å². The molecule has 0 aliphatic carbocycles. The molecule has 18 heavy (non-hydrogen) atoms. The Balaban J connectivity index is 1.98. The van der Waals surface area contributed by atoms with Gasteiger partial charge in [-0.2, -0.15) is 0 Å². The molecule has 0 fully saturated rings. The Labute approximate surface area is 104 Å². The number of hydrogen-bond acceptors (Lipinski definition) is 2. The van der Waals surface area contributed by atoms with Crippen LogP contribution in [0, 0.1) is 5.82 Å². The Morgan fingerprint density at radius 2 is 1.89 bits per heavy atom. The average molecular weight is 245 g/mol. The van der Waals surface area contributed by atoms with Crippen LogP contribution in [0.1, 0.15) is 5.56 Å². The smallest absolute Gasteiger partial charge is 0.228 e. The van der Waals surface area contributed by atoms with Gasteiger partial charge in [-0.1, -0.05) is 12.1 Å². The SMILES string of the molecule is O=C(Cc1cccc(F)c1)Nc1ccc(O)cc1. The number of carbonyl (C=O) groups excluding carboxylic acids is 1. The van der Waals surface area contributed by atoms with Gasteiger partial charge in [-0.3, -0.25) is 4.79 Å². The van der Waals surface area contributed by atoms with E-state index in [0.717, 1.165) is 0 Å². The molecule has 92 valence electrons. The fraction of sp³-hybridized carbons (Fsp3) is 0.0714. The average Bonchev–Trinajstić information content (AvgIpc) is 2.32. The van der Waals surface area contributed by atoms with E-state index < -0.39 is 0 Å². The van der Waals surface area contributed by atoms with Crippen molar-refractivity contribution >= 4 is 11.6 Å². The first-order valence-corrected chi connectivity index (χ1v) is 5.47. The predicted octanol–water partition coefficient (Wildman–Crippen LogP) is 2.71. The first-order valence-electron chi connectivity index (χ1n) is 5.47. The summed E-state index contributed by atoms with van der Waals surface area (Å²) in [7, 11) is 0. The summed E-state index contributed by atoms with van der Waals surface area (Å²) in [5.74, 6) is -0.450. The molecule has 0 unspecified atom stereocenters. The van der Waals surface area contributed by atoms with Crippen molar-refractivity contribution in [3.05, 3.63) is 59.9 Å². The Morgan fingerprint density at radius 1 is 1.17 bits per heavy atom. The van der Waals surface area contributed by atoms with Crippen LogP contribution in [-0.4, -0.2) is 11.0 Å². The highest BCUT2D eigenvalue weighted by Crippen LogP contribution is 2.14. The van der Waals surface area contributed by atoms with Gasteiger partial charge in [0, 0.05) is 5.69 Å². The van der Waals surface area contributed by atoms with E-state index in [4.69, 9.17) is 5.11 Å². The second kappa shape index (κ2) is 5.31. The molecule has 2 rings (SSSR count). The molecule has 1 amide bonds. The molecule has 0 aliphatic heterocycles. The number of rotatable bonds is 3. The summed E-state index contributed by atoms with van der Waals surface area (Å²) < 4.78 is 12.9. The molecule has 2 aromatic rings. The van der Waals surface area contributed by atoms with Gasteiger partial charge in [-0.15, -0.1) is 0 Å². The van der Waals surface area contributed by atoms with Gasteiger partial charge in [0.15, 0.2) is 0 Å². The summed E-state index contributed by atoms with van der Waals surface area (Å²) in [6.07, 6.45) is 0.110. The minimum atomic E-state index is -0.357. The Hall–Kier alpha value is -2.36. The highest BCUT2D eigenvalue weighted by atomic mass is 19.1. The number of aromatic hydroxyl groups is 1. The zero-order valence-corrected chi connectivity index (χ0v) is 9.56. The van der Waals surface area contributed by atoms with Crippen LogP contribution in [0.15, 0.2) is 48.5 Å². The van der Waals surface area contributed by atoms with Crippen molar-refractivity contribution in [2.75, 3.05) is 5.32 Å². The number of nitrogens with one attached hydrogen (secondary N) is 1. The summed E-state index contributed by atoms with van der Waals surface area (Å²) in [5, 5.41) is 11.8. The second-order valence-corrected chi connectivity index (χ2v) is 3.90. The van der Waals surface area contributed by atoms with Crippen LogP contribution in [0.5, 0.6) is 5.75 Å². The van der Waals surface area contributed by atoms with Gasteiger partial charge >= 0.3 is 0 Å². The van der Waals surface area contributed by atoms with Crippen molar-refractivity contribution in [3.63, 3.8) is 0 Å². The van der Waals surface area contributed by atoms with E-state index in [1.54, 1.807) is 24.3 Å². The third kappa shape index (κ3) is 3.31. The van der Waals surface area contributed by atoms with Gasteiger partial charge in [0.05, 0.1) is 6.42 Å². The Kier molecular flexibility index (Phi) is 3.57. The summed E-state index contributed by atoms with van der Waals surface area (Å²) in [4.78, 5) is 11.7. The number of carbonyl (C=O) groups is 1. The van der Waals surface area contributed by atoms with Crippen molar-refractivity contribution in [2.45, 2.75) is 6.42 Å². The van der Waals surface area contributed by atoms with E-state index in [0.29, 0.717) is 11.3 Å². The highest BCUT2D eigenvalue weighted by molar-refractivity contribution is 5.92. The van der Waals surface area contributed by atoms with Gasteiger partial charge in [0.2, 0.25) is 5.91 Å². The van der Waals surface area contributed by atoms with Crippen LogP contribution in [0.3, 0.4) is 0 Å². The van der Waals surface area contributed by atoms with E-state index in [-0.39, 0.29) is 23.9 Å². The topological polar surface area (TPSA) is 49.3 Å². The number of phenols is 1. The minimum Gasteiger partial charge on any atom is -0.508 e. The molecule has 0 bridgehead atoms. The van der Waals surface area contributed by atoms with Crippen LogP contribution in [0.4, 0.5) is 10.1 Å². The standard InChI is InChI=1S/C14H12FNO2/c15-11-3-1-2-10(8-11)9-14(18)16-12-4-6-13(17)7-5-12/h1-8,17H,9H2,(H,16,18). The predicted molar refractivity (Wildman–Crippen MR) is 66.8 cm³/mol. The summed E-state index contributed by atoms with van der Waals surface area (Å²) in [6, 6.07) is 12.1. The molecule has 2 N–H and O–H groups in total. The number of phenolic OH excluding ortho intramolecular Hbond substituents is 1. The summed E-state index contributed by atoms with van der Waals surface area (Å²) in [5.41, 5.74) is 1.21. The molecule has 0 saturated heterocycles. The van der Waals surface area contributed by atoms with Crippen LogP contribution < -0.4 is 5.32 Å². The number of hydrogen-bond donors (Lipinski definition) is 2. The monoisotopic (exact) mass is 245 g/mol. The van der Waals surface area contributed by atoms with Crippen LogP contribution in [0.25, 0.3) is 0 Å². The lowest BCUT2D eigenvalue weighted by atomic mass is 10.1. The molecule has 3 nitrogen and oxygen atoms in total. The third-order valence-electron chi connectivity index (χ3n) is 2.40. The van der Waals surface area contributed by atoms with E-state index >= 15 is 0 Å². The molecule has 2 aromatic carbocycles. The van der Waals surface area contributed by atoms with E-state index in [9.17, 15) is 9.18 Å². The Morgan fingerprint density at radius 3 is 2.56 bits per heavy atom. The van der Waals surface area contributed by atoms with Crippen molar-refractivity contribution < 1.29 is 14.3 Å². The normalized spacial score (nSPS) is 10.1. The maximum absolute atomic E-state index is 12.9. The van der Waals surface area contributed by atoms with E-state index in [1.165, 1.54) is 24.3 Å². The van der Waals surface area contributed by atoms with Gasteiger partial charge in [-0.25, -0.2) is 4.39 Å². The van der Waals surface area contributed by atoms with Crippen molar-refractivity contribution in [1.29, 1.82) is 0 Å². The molecule has 0 spiro atoms. The largest absolute Gasteiger partial charge is 0.508 e. The van der Waals surface area contributed by atoms with Gasteiger partial charge in [0.1, 0.15) is 11.6 Å². The van der Waals surface area contributed by atoms with Crippen LogP contribution in [0.2, 0.25) is 0 Å². The number of anilines is 1. The van der Waals surface area contributed by atoms with Crippen molar-refractivity contribution in [3.8, 4) is 5.75 Å². The molecule has 0 atom stereocenters. The van der Waals surface area contributed by atoms with Gasteiger partial charge < -0.3 is 10.4 Å². The van der Waals surface area contributed by atoms with Crippen molar-refractivity contribution in [2.24, 2.45) is 0 Å². The minimum absolute atomic E-state index is 0.110. The number of halogens is 1. The molecule has 0 saturated carbocycles. The maximum atomic E-state index is 12.9. The zero-order valence-electron chi connectivity index (χ0n) is 9.56. The number of benzene rings is 2.